The van der Waals surface area contributed by atoms with Crippen LogP contribution in [0.25, 0.3) is 0 Å². The van der Waals surface area contributed by atoms with Crippen molar-refractivity contribution in [2.24, 2.45) is 0 Å². The zero-order chi connectivity index (χ0) is 18.4. The van der Waals surface area contributed by atoms with Crippen molar-refractivity contribution in [1.82, 2.24) is 9.97 Å². The Morgan fingerprint density at radius 1 is 1.20 bits per heavy atom. The van der Waals surface area contributed by atoms with Crippen molar-refractivity contribution >= 4 is 17.5 Å². The smallest absolute Gasteiger partial charge is 0.274 e. The molecule has 2 aromatic rings. The molecule has 0 saturated heterocycles. The molecule has 1 atom stereocenters. The Labute approximate surface area is 149 Å². The highest BCUT2D eigenvalue weighted by Gasteiger charge is 2.14. The molecule has 2 N–H and O–H groups in total. The number of nitrogens with zero attached hydrogens (tertiary/aromatic N) is 2. The van der Waals surface area contributed by atoms with Crippen molar-refractivity contribution in [2.75, 3.05) is 10.6 Å². The van der Waals surface area contributed by atoms with E-state index < -0.39 is 0 Å². The van der Waals surface area contributed by atoms with Gasteiger partial charge in [0.15, 0.2) is 0 Å². The van der Waals surface area contributed by atoms with Gasteiger partial charge in [0.25, 0.3) is 5.91 Å². The number of amides is 1. The van der Waals surface area contributed by atoms with Gasteiger partial charge in [-0.3, -0.25) is 4.79 Å². The topological polar surface area (TPSA) is 76.1 Å². The molecule has 1 heterocycles. The summed E-state index contributed by atoms with van der Waals surface area (Å²) in [5.74, 6) is 0.804. The van der Waals surface area contributed by atoms with Gasteiger partial charge >= 0.3 is 0 Å². The Morgan fingerprint density at radius 3 is 2.60 bits per heavy atom. The molecular weight excluding hydrogens is 316 g/mol. The fourth-order valence-corrected chi connectivity index (χ4v) is 2.18. The van der Waals surface area contributed by atoms with Crippen LogP contribution in [0.1, 0.15) is 50.3 Å². The third-order valence-electron chi connectivity index (χ3n) is 3.57. The summed E-state index contributed by atoms with van der Waals surface area (Å²) in [4.78, 5) is 21.3. The Hall–Kier alpha value is -2.63. The molecule has 1 amide bonds. The van der Waals surface area contributed by atoms with Crippen molar-refractivity contribution in [1.29, 1.82) is 0 Å². The minimum atomic E-state index is -0.294. The number of hydrogen-bond donors (Lipinski definition) is 2. The Kier molecular flexibility index (Phi) is 6.33. The van der Waals surface area contributed by atoms with E-state index in [0.29, 0.717) is 23.1 Å². The molecule has 134 valence electrons. The number of aromatic nitrogens is 2. The summed E-state index contributed by atoms with van der Waals surface area (Å²) < 4.78 is 5.74. The average Bonchev–Trinajstić information content (AvgIpc) is 2.55. The molecule has 1 aromatic heterocycles. The number of rotatable bonds is 7. The second-order valence-corrected chi connectivity index (χ2v) is 6.29. The third-order valence-corrected chi connectivity index (χ3v) is 3.57. The van der Waals surface area contributed by atoms with E-state index in [1.165, 1.54) is 0 Å². The van der Waals surface area contributed by atoms with Crippen molar-refractivity contribution in [3.8, 4) is 5.75 Å². The summed E-state index contributed by atoms with van der Waals surface area (Å²) in [5.41, 5.74) is 1.67. The van der Waals surface area contributed by atoms with Gasteiger partial charge in [-0.25, -0.2) is 9.97 Å². The van der Waals surface area contributed by atoms with E-state index in [4.69, 9.17) is 4.74 Å². The minimum Gasteiger partial charge on any atom is -0.489 e. The largest absolute Gasteiger partial charge is 0.489 e. The summed E-state index contributed by atoms with van der Waals surface area (Å²) in [5, 5.41) is 6.07. The van der Waals surface area contributed by atoms with Crippen LogP contribution in [0.15, 0.2) is 30.3 Å². The molecule has 2 rings (SSSR count). The van der Waals surface area contributed by atoms with Crippen LogP contribution in [-0.4, -0.2) is 28.0 Å². The SMILES string of the molecule is CCC(C)Nc1nc(C)cc(C(=O)Nc2ccccc2OC(C)C)n1. The summed E-state index contributed by atoms with van der Waals surface area (Å²) in [6, 6.07) is 9.26. The third kappa shape index (κ3) is 5.45. The Bertz CT molecular complexity index is 731. The number of ether oxygens (including phenoxy) is 1. The van der Waals surface area contributed by atoms with Gasteiger partial charge in [-0.2, -0.15) is 0 Å². The van der Waals surface area contributed by atoms with E-state index >= 15 is 0 Å². The van der Waals surface area contributed by atoms with Gasteiger partial charge in [-0.1, -0.05) is 19.1 Å². The number of hydrogen-bond acceptors (Lipinski definition) is 5. The fourth-order valence-electron chi connectivity index (χ4n) is 2.18. The maximum absolute atomic E-state index is 12.6. The van der Waals surface area contributed by atoms with Crippen molar-refractivity contribution in [2.45, 2.75) is 53.2 Å². The summed E-state index contributed by atoms with van der Waals surface area (Å²) in [6.45, 7) is 9.85. The lowest BCUT2D eigenvalue weighted by Gasteiger charge is -2.15. The lowest BCUT2D eigenvalue weighted by molar-refractivity contribution is 0.102. The Balaban J connectivity index is 2.21. The number of benzene rings is 1. The van der Waals surface area contributed by atoms with Crippen LogP contribution in [-0.2, 0) is 0 Å². The molecule has 6 nitrogen and oxygen atoms in total. The normalized spacial score (nSPS) is 11.9. The molecule has 25 heavy (non-hydrogen) atoms. The van der Waals surface area contributed by atoms with Crippen molar-refractivity contribution in [3.05, 3.63) is 41.7 Å². The van der Waals surface area contributed by atoms with Crippen LogP contribution < -0.4 is 15.4 Å². The van der Waals surface area contributed by atoms with Crippen LogP contribution >= 0.6 is 0 Å². The minimum absolute atomic E-state index is 0.0191. The summed E-state index contributed by atoms with van der Waals surface area (Å²) in [6.07, 6.45) is 0.962. The lowest BCUT2D eigenvalue weighted by atomic mass is 10.2. The highest BCUT2D eigenvalue weighted by molar-refractivity contribution is 6.03. The van der Waals surface area contributed by atoms with Gasteiger partial charge in [0.05, 0.1) is 11.8 Å². The zero-order valence-corrected chi connectivity index (χ0v) is 15.5. The van der Waals surface area contributed by atoms with E-state index in [1.807, 2.05) is 52.0 Å². The predicted octanol–water partition coefficient (Wildman–Crippen LogP) is 4.03. The van der Waals surface area contributed by atoms with E-state index in [2.05, 4.69) is 27.5 Å². The zero-order valence-electron chi connectivity index (χ0n) is 15.5. The van der Waals surface area contributed by atoms with E-state index in [0.717, 1.165) is 12.1 Å². The molecule has 0 fully saturated rings. The van der Waals surface area contributed by atoms with E-state index in [-0.39, 0.29) is 18.1 Å². The van der Waals surface area contributed by atoms with Crippen LogP contribution in [0.5, 0.6) is 5.75 Å². The monoisotopic (exact) mass is 342 g/mol. The van der Waals surface area contributed by atoms with Crippen molar-refractivity contribution < 1.29 is 9.53 Å². The van der Waals surface area contributed by atoms with Gasteiger partial charge in [-0.05, 0) is 52.3 Å². The van der Waals surface area contributed by atoms with Gasteiger partial charge in [-0.15, -0.1) is 0 Å². The number of nitrogens with one attached hydrogen (secondary N) is 2. The number of para-hydroxylation sites is 2. The first kappa shape index (κ1) is 18.7. The first-order valence-electron chi connectivity index (χ1n) is 8.58. The molecule has 0 aliphatic heterocycles. The predicted molar refractivity (Wildman–Crippen MR) is 100 cm³/mol. The van der Waals surface area contributed by atoms with Crippen LogP contribution in [0.4, 0.5) is 11.6 Å². The van der Waals surface area contributed by atoms with Crippen LogP contribution in [0.2, 0.25) is 0 Å². The van der Waals surface area contributed by atoms with Crippen molar-refractivity contribution in [3.63, 3.8) is 0 Å². The quantitative estimate of drug-likeness (QED) is 0.794. The molecular formula is C19H26N4O2. The molecule has 0 radical (unpaired) electrons. The van der Waals surface area contributed by atoms with Gasteiger partial charge in [0.1, 0.15) is 11.4 Å². The summed E-state index contributed by atoms with van der Waals surface area (Å²) >= 11 is 0. The molecule has 1 aromatic carbocycles. The molecule has 0 spiro atoms. The molecule has 0 bridgehead atoms. The maximum atomic E-state index is 12.6. The highest BCUT2D eigenvalue weighted by atomic mass is 16.5. The van der Waals surface area contributed by atoms with Gasteiger partial charge < -0.3 is 15.4 Å². The lowest BCUT2D eigenvalue weighted by Crippen LogP contribution is -2.20. The highest BCUT2D eigenvalue weighted by Crippen LogP contribution is 2.25. The number of aryl methyl sites for hydroxylation is 1. The van der Waals surface area contributed by atoms with Crippen LogP contribution in [0.3, 0.4) is 0 Å². The maximum Gasteiger partial charge on any atom is 0.274 e. The van der Waals surface area contributed by atoms with Crippen LogP contribution in [0, 0.1) is 6.92 Å². The number of anilines is 2. The molecule has 0 aliphatic rings. The molecule has 0 aliphatic carbocycles. The summed E-state index contributed by atoms with van der Waals surface area (Å²) in [7, 11) is 0. The number of carbonyl (C=O) groups excluding carboxylic acids is 1. The molecule has 1 unspecified atom stereocenters. The average molecular weight is 342 g/mol. The second-order valence-electron chi connectivity index (χ2n) is 6.29. The first-order valence-corrected chi connectivity index (χ1v) is 8.58. The standard InChI is InChI=1S/C19H26N4O2/c1-6-13(4)20-19-21-14(5)11-16(23-19)18(24)22-15-9-7-8-10-17(15)25-12(2)3/h7-13H,6H2,1-5H3,(H,22,24)(H,20,21,23). The molecule has 6 heteroatoms. The van der Waals surface area contributed by atoms with Gasteiger partial charge in [0.2, 0.25) is 5.95 Å². The second kappa shape index (κ2) is 8.46. The van der Waals surface area contributed by atoms with E-state index in [9.17, 15) is 4.79 Å². The number of carbonyl (C=O) groups is 1. The first-order chi connectivity index (χ1) is 11.9. The fraction of sp³-hybridized carbons (Fsp3) is 0.421. The van der Waals surface area contributed by atoms with E-state index in [1.54, 1.807) is 6.07 Å². The molecule has 0 saturated carbocycles. The Morgan fingerprint density at radius 2 is 1.92 bits per heavy atom. The van der Waals surface area contributed by atoms with Gasteiger partial charge in [0, 0.05) is 11.7 Å².